The fourth-order valence-electron chi connectivity index (χ4n) is 0.832. The van der Waals surface area contributed by atoms with Crippen LogP contribution in [0.25, 0.3) is 0 Å². The molecule has 0 aliphatic carbocycles. The summed E-state index contributed by atoms with van der Waals surface area (Å²) in [5.41, 5.74) is 1.40. The Labute approximate surface area is 79.5 Å². The van der Waals surface area contributed by atoms with Crippen molar-refractivity contribution in [2.45, 2.75) is 0 Å². The van der Waals surface area contributed by atoms with Gasteiger partial charge in [-0.25, -0.2) is 0 Å². The molecule has 1 aromatic rings. The maximum absolute atomic E-state index is 10.3. The highest BCUT2D eigenvalue weighted by molar-refractivity contribution is 9.10. The molecule has 0 aromatic carbocycles. The predicted molar refractivity (Wildman–Crippen MR) is 51.7 cm³/mol. The summed E-state index contributed by atoms with van der Waals surface area (Å²) in [5, 5.41) is 0. The number of aldehydes is 1. The van der Waals surface area contributed by atoms with E-state index in [2.05, 4.69) is 20.9 Å². The summed E-state index contributed by atoms with van der Waals surface area (Å²) in [6, 6.07) is 1.70. The summed E-state index contributed by atoms with van der Waals surface area (Å²) < 4.78 is 0.879. The third-order valence-electron chi connectivity index (χ3n) is 1.46. The average Bonchev–Trinajstić information content (AvgIpc) is 2.03. The van der Waals surface area contributed by atoms with Crippen LogP contribution in [0.2, 0.25) is 0 Å². The van der Waals surface area contributed by atoms with E-state index in [0.717, 1.165) is 16.4 Å². The fourth-order valence-corrected chi connectivity index (χ4v) is 1.52. The van der Waals surface area contributed by atoms with Gasteiger partial charge in [0.25, 0.3) is 0 Å². The van der Waals surface area contributed by atoms with E-state index in [1.807, 2.05) is 19.0 Å². The van der Waals surface area contributed by atoms with E-state index in [9.17, 15) is 4.79 Å². The van der Waals surface area contributed by atoms with Crippen LogP contribution in [-0.2, 0) is 0 Å². The highest BCUT2D eigenvalue weighted by Gasteiger charge is 2.02. The van der Waals surface area contributed by atoms with E-state index in [0.29, 0.717) is 5.69 Å². The molecule has 1 rings (SSSR count). The molecule has 0 bridgehead atoms. The lowest BCUT2D eigenvalue weighted by atomic mass is 10.3. The SMILES string of the molecule is CN(C)c1cnc(C=O)cc1Br. The van der Waals surface area contributed by atoms with Gasteiger partial charge in [-0.3, -0.25) is 9.78 Å². The maximum atomic E-state index is 10.3. The predicted octanol–water partition coefficient (Wildman–Crippen LogP) is 1.72. The molecule has 0 unspecified atom stereocenters. The summed E-state index contributed by atoms with van der Waals surface area (Å²) >= 11 is 3.35. The van der Waals surface area contributed by atoms with Gasteiger partial charge in [0.1, 0.15) is 5.69 Å². The third kappa shape index (κ3) is 1.82. The van der Waals surface area contributed by atoms with Gasteiger partial charge in [-0.1, -0.05) is 0 Å². The molecule has 1 heterocycles. The van der Waals surface area contributed by atoms with Crippen LogP contribution in [0, 0.1) is 0 Å². The van der Waals surface area contributed by atoms with E-state index in [-0.39, 0.29) is 0 Å². The first-order valence-electron chi connectivity index (χ1n) is 3.43. The van der Waals surface area contributed by atoms with Gasteiger partial charge in [0, 0.05) is 18.6 Å². The van der Waals surface area contributed by atoms with E-state index >= 15 is 0 Å². The molecule has 0 radical (unpaired) electrons. The lowest BCUT2D eigenvalue weighted by molar-refractivity contribution is 0.111. The molecule has 12 heavy (non-hydrogen) atoms. The van der Waals surface area contributed by atoms with E-state index in [1.165, 1.54) is 0 Å². The monoisotopic (exact) mass is 228 g/mol. The zero-order valence-corrected chi connectivity index (χ0v) is 8.50. The van der Waals surface area contributed by atoms with Crippen LogP contribution in [0.4, 0.5) is 5.69 Å². The molecule has 1 aromatic heterocycles. The topological polar surface area (TPSA) is 33.2 Å². The summed E-state index contributed by atoms with van der Waals surface area (Å²) in [6.45, 7) is 0. The molecule has 0 N–H and O–H groups in total. The Kier molecular flexibility index (Phi) is 2.81. The molecule has 64 valence electrons. The van der Waals surface area contributed by atoms with Crippen LogP contribution in [-0.4, -0.2) is 25.4 Å². The molecule has 0 spiro atoms. The number of nitrogens with zero attached hydrogens (tertiary/aromatic N) is 2. The Balaban J connectivity index is 3.11. The van der Waals surface area contributed by atoms with Crippen LogP contribution in [0.15, 0.2) is 16.7 Å². The molecule has 3 nitrogen and oxygen atoms in total. The summed E-state index contributed by atoms with van der Waals surface area (Å²) in [7, 11) is 3.84. The lowest BCUT2D eigenvalue weighted by Gasteiger charge is -2.13. The Hall–Kier alpha value is -0.900. The molecule has 0 saturated carbocycles. The second-order valence-electron chi connectivity index (χ2n) is 2.57. The highest BCUT2D eigenvalue weighted by atomic mass is 79.9. The van der Waals surface area contributed by atoms with E-state index in [4.69, 9.17) is 0 Å². The van der Waals surface area contributed by atoms with Crippen LogP contribution in [0.3, 0.4) is 0 Å². The Morgan fingerprint density at radius 1 is 1.58 bits per heavy atom. The molecule has 0 atom stereocenters. The molecule has 0 saturated heterocycles. The average molecular weight is 229 g/mol. The van der Waals surface area contributed by atoms with Crippen molar-refractivity contribution in [3.8, 4) is 0 Å². The quantitative estimate of drug-likeness (QED) is 0.724. The normalized spacial score (nSPS) is 9.58. The van der Waals surface area contributed by atoms with Crippen molar-refractivity contribution in [2.75, 3.05) is 19.0 Å². The van der Waals surface area contributed by atoms with Gasteiger partial charge in [0.05, 0.1) is 11.9 Å². The third-order valence-corrected chi connectivity index (χ3v) is 2.09. The van der Waals surface area contributed by atoms with E-state index in [1.54, 1.807) is 12.3 Å². The number of aromatic nitrogens is 1. The van der Waals surface area contributed by atoms with Crippen molar-refractivity contribution in [3.05, 3.63) is 22.4 Å². The minimum Gasteiger partial charge on any atom is -0.376 e. The first-order chi connectivity index (χ1) is 5.65. The number of pyridine rings is 1. The smallest absolute Gasteiger partial charge is 0.168 e. The van der Waals surface area contributed by atoms with Crippen LogP contribution in [0.1, 0.15) is 10.5 Å². The van der Waals surface area contributed by atoms with Gasteiger partial charge in [-0.15, -0.1) is 0 Å². The summed E-state index contributed by atoms with van der Waals surface area (Å²) in [5.74, 6) is 0. The lowest BCUT2D eigenvalue weighted by Crippen LogP contribution is -2.10. The number of hydrogen-bond donors (Lipinski definition) is 0. The zero-order valence-electron chi connectivity index (χ0n) is 6.91. The number of carbonyl (C=O) groups is 1. The van der Waals surface area contributed by atoms with Crippen LogP contribution >= 0.6 is 15.9 Å². The number of rotatable bonds is 2. The fraction of sp³-hybridized carbons (Fsp3) is 0.250. The minimum atomic E-state index is 0.437. The summed E-state index contributed by atoms with van der Waals surface area (Å²) in [6.07, 6.45) is 2.39. The van der Waals surface area contributed by atoms with Crippen molar-refractivity contribution >= 4 is 27.9 Å². The van der Waals surface area contributed by atoms with Crippen LogP contribution < -0.4 is 4.90 Å². The number of carbonyl (C=O) groups excluding carboxylic acids is 1. The van der Waals surface area contributed by atoms with E-state index < -0.39 is 0 Å². The Morgan fingerprint density at radius 2 is 2.25 bits per heavy atom. The number of halogens is 1. The summed E-state index contributed by atoms with van der Waals surface area (Å²) in [4.78, 5) is 16.2. The van der Waals surface area contributed by atoms with Gasteiger partial charge in [-0.05, 0) is 22.0 Å². The first kappa shape index (κ1) is 9.19. The Morgan fingerprint density at radius 3 is 2.67 bits per heavy atom. The van der Waals surface area contributed by atoms with Gasteiger partial charge >= 0.3 is 0 Å². The maximum Gasteiger partial charge on any atom is 0.168 e. The van der Waals surface area contributed by atoms with Gasteiger partial charge in [0.2, 0.25) is 0 Å². The van der Waals surface area contributed by atoms with Crippen molar-refractivity contribution < 1.29 is 4.79 Å². The first-order valence-corrected chi connectivity index (χ1v) is 4.22. The molecular formula is C8H9BrN2O. The molecule has 0 aliphatic heterocycles. The van der Waals surface area contributed by atoms with Crippen molar-refractivity contribution in [3.63, 3.8) is 0 Å². The molecule has 0 fully saturated rings. The number of hydrogen-bond acceptors (Lipinski definition) is 3. The molecule has 0 amide bonds. The van der Waals surface area contributed by atoms with Crippen molar-refractivity contribution in [1.29, 1.82) is 0 Å². The van der Waals surface area contributed by atoms with Gasteiger partial charge in [0.15, 0.2) is 6.29 Å². The van der Waals surface area contributed by atoms with Gasteiger partial charge < -0.3 is 4.90 Å². The minimum absolute atomic E-state index is 0.437. The zero-order chi connectivity index (χ0) is 9.14. The van der Waals surface area contributed by atoms with Crippen LogP contribution in [0.5, 0.6) is 0 Å². The molecule has 0 aliphatic rings. The van der Waals surface area contributed by atoms with Gasteiger partial charge in [-0.2, -0.15) is 0 Å². The number of anilines is 1. The van der Waals surface area contributed by atoms with Crippen molar-refractivity contribution in [1.82, 2.24) is 4.98 Å². The second kappa shape index (κ2) is 3.67. The second-order valence-corrected chi connectivity index (χ2v) is 3.43. The molecular weight excluding hydrogens is 220 g/mol. The van der Waals surface area contributed by atoms with Crippen molar-refractivity contribution in [2.24, 2.45) is 0 Å². The highest BCUT2D eigenvalue weighted by Crippen LogP contribution is 2.23. The molecule has 4 heteroatoms. The largest absolute Gasteiger partial charge is 0.376 e. The standard InChI is InChI=1S/C8H9BrN2O/c1-11(2)8-4-10-6(5-12)3-7(8)9/h3-5H,1-2H3. The Bertz CT molecular complexity index is 299.